The van der Waals surface area contributed by atoms with Gasteiger partial charge in [0.2, 0.25) is 0 Å². The molecule has 6 nitrogen and oxygen atoms in total. The summed E-state index contributed by atoms with van der Waals surface area (Å²) >= 11 is 0. The zero-order valence-electron chi connectivity index (χ0n) is 12.0. The molecule has 4 heterocycles. The second-order valence-electron chi connectivity index (χ2n) is 6.47. The summed E-state index contributed by atoms with van der Waals surface area (Å²) in [5.74, 6) is 1.10. The Morgan fingerprint density at radius 2 is 2.20 bits per heavy atom. The predicted molar refractivity (Wildman–Crippen MR) is 76.0 cm³/mol. The Labute approximate surface area is 119 Å². The summed E-state index contributed by atoms with van der Waals surface area (Å²) in [4.78, 5) is 5.28. The molecule has 0 spiro atoms. The van der Waals surface area contributed by atoms with Gasteiger partial charge in [0.15, 0.2) is 0 Å². The lowest BCUT2D eigenvalue weighted by molar-refractivity contribution is 0.0177. The molecule has 0 aliphatic carbocycles. The van der Waals surface area contributed by atoms with Gasteiger partial charge in [0.1, 0.15) is 12.2 Å². The van der Waals surface area contributed by atoms with E-state index >= 15 is 0 Å². The van der Waals surface area contributed by atoms with E-state index in [2.05, 4.69) is 24.6 Å². The van der Waals surface area contributed by atoms with Crippen molar-refractivity contribution >= 4 is 0 Å². The molecule has 2 unspecified atom stereocenters. The molecule has 3 aliphatic rings. The number of hydrogen-bond acceptors (Lipinski definition) is 5. The van der Waals surface area contributed by atoms with Crippen molar-refractivity contribution < 1.29 is 0 Å². The van der Waals surface area contributed by atoms with Gasteiger partial charge in [-0.25, -0.2) is 0 Å². The fourth-order valence-corrected chi connectivity index (χ4v) is 4.55. The van der Waals surface area contributed by atoms with E-state index < -0.39 is 0 Å². The SMILES string of the molecule is NCC1(N2CCn3cnnc3C2)CCN2CCCCC21. The molecule has 2 atom stereocenters. The monoisotopic (exact) mass is 276 g/mol. The lowest BCUT2D eigenvalue weighted by Gasteiger charge is -2.48. The first-order valence-electron chi connectivity index (χ1n) is 7.89. The molecule has 1 aromatic heterocycles. The maximum absolute atomic E-state index is 6.29. The number of fused-ring (bicyclic) bond motifs is 2. The van der Waals surface area contributed by atoms with Gasteiger partial charge < -0.3 is 10.3 Å². The molecule has 2 saturated heterocycles. The minimum absolute atomic E-state index is 0.164. The first-order valence-corrected chi connectivity index (χ1v) is 7.89. The third kappa shape index (κ3) is 1.75. The van der Waals surface area contributed by atoms with Gasteiger partial charge >= 0.3 is 0 Å². The maximum Gasteiger partial charge on any atom is 0.147 e. The van der Waals surface area contributed by atoms with E-state index in [4.69, 9.17) is 5.73 Å². The van der Waals surface area contributed by atoms with Crippen LogP contribution < -0.4 is 5.73 Å². The summed E-state index contributed by atoms with van der Waals surface area (Å²) in [7, 11) is 0. The Balaban J connectivity index is 1.62. The third-order valence-corrected chi connectivity index (χ3v) is 5.69. The van der Waals surface area contributed by atoms with Crippen LogP contribution in [0, 0.1) is 0 Å². The number of hydrogen-bond donors (Lipinski definition) is 1. The largest absolute Gasteiger partial charge is 0.329 e. The molecular weight excluding hydrogens is 252 g/mol. The van der Waals surface area contributed by atoms with Crippen molar-refractivity contribution in [2.75, 3.05) is 26.2 Å². The molecule has 0 saturated carbocycles. The fourth-order valence-electron chi connectivity index (χ4n) is 4.55. The first kappa shape index (κ1) is 12.7. The van der Waals surface area contributed by atoms with E-state index in [1.54, 1.807) is 0 Å². The molecule has 2 N–H and O–H groups in total. The van der Waals surface area contributed by atoms with Gasteiger partial charge in [-0.1, -0.05) is 6.42 Å². The van der Waals surface area contributed by atoms with Gasteiger partial charge in [-0.05, 0) is 25.8 Å². The fraction of sp³-hybridized carbons (Fsp3) is 0.857. The first-order chi connectivity index (χ1) is 9.83. The van der Waals surface area contributed by atoms with Crippen molar-refractivity contribution in [2.45, 2.75) is 50.4 Å². The van der Waals surface area contributed by atoms with E-state index in [1.165, 1.54) is 38.8 Å². The zero-order chi connectivity index (χ0) is 13.6. The van der Waals surface area contributed by atoms with Gasteiger partial charge in [-0.15, -0.1) is 10.2 Å². The van der Waals surface area contributed by atoms with Crippen molar-refractivity contribution in [1.29, 1.82) is 0 Å². The van der Waals surface area contributed by atoms with E-state index in [0.29, 0.717) is 6.04 Å². The van der Waals surface area contributed by atoms with Crippen LogP contribution in [0.1, 0.15) is 31.5 Å². The smallest absolute Gasteiger partial charge is 0.147 e. The van der Waals surface area contributed by atoms with Crippen molar-refractivity contribution in [3.63, 3.8) is 0 Å². The van der Waals surface area contributed by atoms with Crippen LogP contribution in [0.15, 0.2) is 6.33 Å². The molecule has 2 fully saturated rings. The number of aromatic nitrogens is 3. The highest BCUT2D eigenvalue weighted by Gasteiger charge is 2.51. The highest BCUT2D eigenvalue weighted by atomic mass is 15.4. The predicted octanol–water partition coefficient (Wildman–Crippen LogP) is 0.0494. The highest BCUT2D eigenvalue weighted by Crippen LogP contribution is 2.40. The number of nitrogens with two attached hydrogens (primary N) is 1. The van der Waals surface area contributed by atoms with Crippen molar-refractivity contribution in [1.82, 2.24) is 24.6 Å². The molecule has 20 heavy (non-hydrogen) atoms. The van der Waals surface area contributed by atoms with Gasteiger partial charge in [0, 0.05) is 32.2 Å². The van der Waals surface area contributed by atoms with Crippen LogP contribution in [0.4, 0.5) is 0 Å². The Morgan fingerprint density at radius 1 is 1.25 bits per heavy atom. The minimum atomic E-state index is 0.164. The molecule has 6 heteroatoms. The van der Waals surface area contributed by atoms with Crippen LogP contribution in [-0.4, -0.2) is 62.3 Å². The summed E-state index contributed by atoms with van der Waals surface area (Å²) in [5.41, 5.74) is 6.46. The van der Waals surface area contributed by atoms with Crippen LogP contribution in [-0.2, 0) is 13.1 Å². The summed E-state index contributed by atoms with van der Waals surface area (Å²) < 4.78 is 2.17. The Hall–Kier alpha value is -0.980. The van der Waals surface area contributed by atoms with Crippen molar-refractivity contribution in [3.05, 3.63) is 12.2 Å². The lowest BCUT2D eigenvalue weighted by atomic mass is 9.83. The molecule has 0 radical (unpaired) electrons. The van der Waals surface area contributed by atoms with Crippen LogP contribution in [0.3, 0.4) is 0 Å². The molecule has 0 aromatic carbocycles. The van der Waals surface area contributed by atoms with Crippen LogP contribution >= 0.6 is 0 Å². The summed E-state index contributed by atoms with van der Waals surface area (Å²) in [5, 5.41) is 8.30. The average Bonchev–Trinajstić information content (AvgIpc) is 3.11. The molecule has 4 rings (SSSR count). The molecule has 3 aliphatic heterocycles. The van der Waals surface area contributed by atoms with Gasteiger partial charge in [-0.2, -0.15) is 0 Å². The lowest BCUT2D eigenvalue weighted by Crippen LogP contribution is -2.62. The normalized spacial score (nSPS) is 35.0. The van der Waals surface area contributed by atoms with Gasteiger partial charge in [-0.3, -0.25) is 9.80 Å². The van der Waals surface area contributed by atoms with Gasteiger partial charge in [0.25, 0.3) is 0 Å². The summed E-state index contributed by atoms with van der Waals surface area (Å²) in [6, 6.07) is 0.649. The molecule has 1 aromatic rings. The Bertz CT molecular complexity index is 486. The van der Waals surface area contributed by atoms with E-state index in [9.17, 15) is 0 Å². The minimum Gasteiger partial charge on any atom is -0.329 e. The van der Waals surface area contributed by atoms with E-state index in [1.807, 2.05) is 6.33 Å². The standard InChI is InChI=1S/C14H24N6/c15-10-14(4-6-18-5-2-1-3-12(14)18)20-8-7-19-11-16-17-13(19)9-20/h11-12H,1-10,15H2. The third-order valence-electron chi connectivity index (χ3n) is 5.69. The van der Waals surface area contributed by atoms with Crippen LogP contribution in [0.2, 0.25) is 0 Å². The molecular formula is C14H24N6. The Morgan fingerprint density at radius 3 is 3.10 bits per heavy atom. The quantitative estimate of drug-likeness (QED) is 0.827. The summed E-state index contributed by atoms with van der Waals surface area (Å²) in [6.07, 6.45) is 7.07. The van der Waals surface area contributed by atoms with E-state index in [0.717, 1.165) is 32.0 Å². The highest BCUT2D eigenvalue weighted by molar-refractivity contribution is 5.10. The number of nitrogens with zero attached hydrogens (tertiary/aromatic N) is 5. The van der Waals surface area contributed by atoms with E-state index in [-0.39, 0.29) is 5.54 Å². The zero-order valence-corrected chi connectivity index (χ0v) is 12.0. The van der Waals surface area contributed by atoms with Crippen LogP contribution in [0.25, 0.3) is 0 Å². The van der Waals surface area contributed by atoms with Crippen molar-refractivity contribution in [2.24, 2.45) is 5.73 Å². The topological polar surface area (TPSA) is 63.2 Å². The van der Waals surface area contributed by atoms with Crippen LogP contribution in [0.5, 0.6) is 0 Å². The second kappa shape index (κ2) is 4.79. The average molecular weight is 276 g/mol. The summed E-state index contributed by atoms with van der Waals surface area (Å²) in [6.45, 7) is 6.22. The number of piperidine rings is 1. The molecule has 110 valence electrons. The maximum atomic E-state index is 6.29. The van der Waals surface area contributed by atoms with Gasteiger partial charge in [0.05, 0.1) is 12.1 Å². The molecule has 0 amide bonds. The van der Waals surface area contributed by atoms with Crippen molar-refractivity contribution in [3.8, 4) is 0 Å². The number of rotatable bonds is 2. The Kier molecular flexibility index (Phi) is 3.05. The molecule has 0 bridgehead atoms. The second-order valence-corrected chi connectivity index (χ2v) is 6.47.